The summed E-state index contributed by atoms with van der Waals surface area (Å²) in [5.74, 6) is 0.518. The van der Waals surface area contributed by atoms with E-state index in [1.54, 1.807) is 48.5 Å². The van der Waals surface area contributed by atoms with Gasteiger partial charge in [-0.2, -0.15) is 0 Å². The summed E-state index contributed by atoms with van der Waals surface area (Å²) in [6, 6.07) is 13.1. The van der Waals surface area contributed by atoms with Gasteiger partial charge in [0.15, 0.2) is 5.78 Å². The molecule has 0 fully saturated rings. The predicted octanol–water partition coefficient (Wildman–Crippen LogP) is 3.86. The van der Waals surface area contributed by atoms with Gasteiger partial charge in [-0.1, -0.05) is 12.1 Å². The fourth-order valence-corrected chi connectivity index (χ4v) is 3.29. The Bertz CT molecular complexity index is 768. The van der Waals surface area contributed by atoms with Crippen molar-refractivity contribution in [1.29, 1.82) is 0 Å². The molecule has 2 aromatic rings. The Kier molecular flexibility index (Phi) is 5.80. The van der Waals surface area contributed by atoms with Crippen LogP contribution in [-0.2, 0) is 16.4 Å². The van der Waals surface area contributed by atoms with Crippen molar-refractivity contribution in [2.75, 3.05) is 10.6 Å². The normalized spacial score (nSPS) is 11.2. The summed E-state index contributed by atoms with van der Waals surface area (Å²) in [6.45, 7) is 1.46. The Morgan fingerprint density at radius 1 is 1.04 bits per heavy atom. The maximum absolute atomic E-state index is 12.3. The van der Waals surface area contributed by atoms with E-state index in [0.717, 1.165) is 18.4 Å². The molecular weight excluding hydrogens is 334 g/mol. The first-order valence-electron chi connectivity index (χ1n) is 7.21. The van der Waals surface area contributed by atoms with Crippen LogP contribution in [0.25, 0.3) is 0 Å². The average Bonchev–Trinajstić information content (AvgIpc) is 2.53. The van der Waals surface area contributed by atoms with Crippen molar-refractivity contribution in [2.24, 2.45) is 0 Å². The molecule has 0 aromatic heterocycles. The minimum atomic E-state index is -3.64. The van der Waals surface area contributed by atoms with Gasteiger partial charge in [-0.05, 0) is 61.7 Å². The van der Waals surface area contributed by atoms with Crippen molar-refractivity contribution in [3.05, 3.63) is 59.7 Å². The summed E-state index contributed by atoms with van der Waals surface area (Å²) in [5.41, 5.74) is 2.01. The number of rotatable bonds is 7. The molecule has 0 saturated carbocycles. The largest absolute Gasteiger partial charge is 0.295 e. The number of benzene rings is 2. The molecule has 122 valence electrons. The number of carbonyl (C=O) groups excluding carboxylic acids is 1. The van der Waals surface area contributed by atoms with Gasteiger partial charge < -0.3 is 0 Å². The number of nitrogens with one attached hydrogen (secondary N) is 1. The van der Waals surface area contributed by atoms with E-state index < -0.39 is 10.0 Å². The van der Waals surface area contributed by atoms with E-state index in [1.165, 1.54) is 6.92 Å². The zero-order chi connectivity index (χ0) is 16.9. The van der Waals surface area contributed by atoms with Gasteiger partial charge in [-0.3, -0.25) is 9.52 Å². The molecule has 2 aromatic carbocycles. The topological polar surface area (TPSA) is 63.2 Å². The summed E-state index contributed by atoms with van der Waals surface area (Å²) in [6.07, 6.45) is 1.68. The quantitative estimate of drug-likeness (QED) is 0.608. The smallest absolute Gasteiger partial charge is 0.261 e. The van der Waals surface area contributed by atoms with Crippen LogP contribution in [0.15, 0.2) is 53.4 Å². The second kappa shape index (κ2) is 7.62. The van der Waals surface area contributed by atoms with Gasteiger partial charge in [-0.15, -0.1) is 11.6 Å². The van der Waals surface area contributed by atoms with Crippen molar-refractivity contribution < 1.29 is 13.2 Å². The van der Waals surface area contributed by atoms with Gasteiger partial charge in [0.25, 0.3) is 10.0 Å². The molecule has 0 spiro atoms. The Hall–Kier alpha value is -1.85. The Morgan fingerprint density at radius 2 is 1.65 bits per heavy atom. The third-order valence-electron chi connectivity index (χ3n) is 3.38. The van der Waals surface area contributed by atoms with Crippen LogP contribution in [0.4, 0.5) is 5.69 Å². The minimum Gasteiger partial charge on any atom is -0.295 e. The van der Waals surface area contributed by atoms with Crippen molar-refractivity contribution >= 4 is 33.1 Å². The molecule has 0 atom stereocenters. The second-order valence-corrected chi connectivity index (χ2v) is 7.24. The van der Waals surface area contributed by atoms with Crippen LogP contribution in [0.3, 0.4) is 0 Å². The molecule has 0 amide bonds. The molecule has 0 saturated heterocycles. The van der Waals surface area contributed by atoms with Crippen LogP contribution >= 0.6 is 11.6 Å². The van der Waals surface area contributed by atoms with E-state index in [-0.39, 0.29) is 10.7 Å². The monoisotopic (exact) mass is 351 g/mol. The van der Waals surface area contributed by atoms with Crippen LogP contribution in [0.2, 0.25) is 0 Å². The summed E-state index contributed by atoms with van der Waals surface area (Å²) in [5, 5.41) is 0. The molecule has 1 N–H and O–H groups in total. The SMILES string of the molecule is CC(=O)c1ccc(NS(=O)(=O)c2ccc(CCCCl)cc2)cc1. The average molecular weight is 352 g/mol. The summed E-state index contributed by atoms with van der Waals surface area (Å²) >= 11 is 5.65. The van der Waals surface area contributed by atoms with Gasteiger partial charge in [-0.25, -0.2) is 8.42 Å². The molecule has 6 heteroatoms. The lowest BCUT2D eigenvalue weighted by atomic mass is 10.1. The zero-order valence-corrected chi connectivity index (χ0v) is 14.3. The first-order valence-corrected chi connectivity index (χ1v) is 9.23. The van der Waals surface area contributed by atoms with Gasteiger partial charge in [0, 0.05) is 17.1 Å². The van der Waals surface area contributed by atoms with E-state index in [2.05, 4.69) is 4.72 Å². The number of ketones is 1. The van der Waals surface area contributed by atoms with Crippen LogP contribution in [-0.4, -0.2) is 20.1 Å². The molecule has 0 bridgehead atoms. The van der Waals surface area contributed by atoms with Crippen LogP contribution in [0.1, 0.15) is 29.3 Å². The minimum absolute atomic E-state index is 0.0630. The maximum atomic E-state index is 12.3. The molecule has 0 aliphatic carbocycles. The Balaban J connectivity index is 2.13. The second-order valence-electron chi connectivity index (χ2n) is 5.18. The fourth-order valence-electron chi connectivity index (χ4n) is 2.09. The van der Waals surface area contributed by atoms with E-state index in [1.807, 2.05) is 0 Å². The number of hydrogen-bond acceptors (Lipinski definition) is 3. The lowest BCUT2D eigenvalue weighted by molar-refractivity contribution is 0.101. The van der Waals surface area contributed by atoms with Gasteiger partial charge in [0.05, 0.1) is 4.90 Å². The first-order chi connectivity index (χ1) is 10.9. The van der Waals surface area contributed by atoms with Gasteiger partial charge >= 0.3 is 0 Å². The number of hydrogen-bond donors (Lipinski definition) is 1. The van der Waals surface area contributed by atoms with Crippen molar-refractivity contribution in [3.63, 3.8) is 0 Å². The molecule has 0 aliphatic rings. The third-order valence-corrected chi connectivity index (χ3v) is 5.04. The van der Waals surface area contributed by atoms with Crippen molar-refractivity contribution in [2.45, 2.75) is 24.7 Å². The molecule has 0 aliphatic heterocycles. The highest BCUT2D eigenvalue weighted by atomic mass is 35.5. The maximum Gasteiger partial charge on any atom is 0.261 e. The zero-order valence-electron chi connectivity index (χ0n) is 12.8. The lowest BCUT2D eigenvalue weighted by Crippen LogP contribution is -2.13. The standard InChI is InChI=1S/C17H18ClNO3S/c1-13(20)15-6-8-16(9-7-15)19-23(21,22)17-10-4-14(5-11-17)3-2-12-18/h4-11,19H,2-3,12H2,1H3. The lowest BCUT2D eigenvalue weighted by Gasteiger charge is -2.09. The number of sulfonamides is 1. The fraction of sp³-hybridized carbons (Fsp3) is 0.235. The molecule has 2 rings (SSSR count). The third kappa shape index (κ3) is 4.81. The van der Waals surface area contributed by atoms with E-state index in [0.29, 0.717) is 17.1 Å². The number of carbonyl (C=O) groups is 1. The first kappa shape index (κ1) is 17.5. The summed E-state index contributed by atoms with van der Waals surface area (Å²) < 4.78 is 27.2. The number of Topliss-reactive ketones (excluding diaryl/α,β-unsaturated/α-hetero) is 1. The molecular formula is C17H18ClNO3S. The summed E-state index contributed by atoms with van der Waals surface area (Å²) in [7, 11) is -3.64. The molecule has 0 heterocycles. The molecule has 23 heavy (non-hydrogen) atoms. The summed E-state index contributed by atoms with van der Waals surface area (Å²) in [4.78, 5) is 11.4. The van der Waals surface area contributed by atoms with Crippen molar-refractivity contribution in [3.8, 4) is 0 Å². The van der Waals surface area contributed by atoms with Crippen LogP contribution in [0, 0.1) is 0 Å². The predicted molar refractivity (Wildman–Crippen MR) is 92.7 cm³/mol. The number of anilines is 1. The van der Waals surface area contributed by atoms with Gasteiger partial charge in [0.1, 0.15) is 0 Å². The molecule has 4 nitrogen and oxygen atoms in total. The Morgan fingerprint density at radius 3 is 2.17 bits per heavy atom. The van der Waals surface area contributed by atoms with E-state index in [9.17, 15) is 13.2 Å². The molecule has 0 unspecified atom stereocenters. The number of aryl methyl sites for hydroxylation is 1. The Labute approximate surface area is 141 Å². The number of halogens is 1. The highest BCUT2D eigenvalue weighted by molar-refractivity contribution is 7.92. The van der Waals surface area contributed by atoms with Crippen molar-refractivity contribution in [1.82, 2.24) is 0 Å². The molecule has 0 radical (unpaired) electrons. The van der Waals surface area contributed by atoms with Crippen LogP contribution < -0.4 is 4.72 Å². The highest BCUT2D eigenvalue weighted by Gasteiger charge is 2.14. The number of alkyl halides is 1. The van der Waals surface area contributed by atoms with Gasteiger partial charge in [0.2, 0.25) is 0 Å². The van der Waals surface area contributed by atoms with E-state index >= 15 is 0 Å². The van der Waals surface area contributed by atoms with Crippen LogP contribution in [0.5, 0.6) is 0 Å². The van der Waals surface area contributed by atoms with E-state index in [4.69, 9.17) is 11.6 Å². The highest BCUT2D eigenvalue weighted by Crippen LogP contribution is 2.18.